The van der Waals surface area contributed by atoms with Gasteiger partial charge in [0.1, 0.15) is 5.75 Å². The zero-order valence-corrected chi connectivity index (χ0v) is 12.6. The minimum atomic E-state index is -1.83. The van der Waals surface area contributed by atoms with Gasteiger partial charge in [0.2, 0.25) is 0 Å². The van der Waals surface area contributed by atoms with Crippen molar-refractivity contribution in [3.05, 3.63) is 54.1 Å². The van der Waals surface area contributed by atoms with Crippen molar-refractivity contribution in [2.45, 2.75) is 26.2 Å². The topological polar surface area (TPSA) is 49.7 Å². The van der Waals surface area contributed by atoms with Crippen molar-refractivity contribution in [1.82, 2.24) is 0 Å². The molecule has 22 heavy (non-hydrogen) atoms. The molecule has 2 N–H and O–H groups in total. The maximum absolute atomic E-state index is 9.27. The summed E-state index contributed by atoms with van der Waals surface area (Å²) in [6.45, 7) is 2.18. The van der Waals surface area contributed by atoms with E-state index < -0.39 is 7.32 Å². The van der Waals surface area contributed by atoms with E-state index in [4.69, 9.17) is 4.65 Å². The molecular formula is C18H19BO3. The number of benzene rings is 3. The second-order valence-electron chi connectivity index (χ2n) is 5.45. The Morgan fingerprint density at radius 2 is 1.36 bits per heavy atom. The summed E-state index contributed by atoms with van der Waals surface area (Å²) in [7, 11) is -1.83. The molecule has 0 aliphatic rings. The lowest BCUT2D eigenvalue weighted by Gasteiger charge is -2.17. The van der Waals surface area contributed by atoms with Crippen molar-refractivity contribution in [1.29, 1.82) is 0 Å². The Labute approximate surface area is 130 Å². The molecule has 0 atom stereocenters. The summed E-state index contributed by atoms with van der Waals surface area (Å²) < 4.78 is 5.31. The largest absolute Gasteiger partial charge is 0.707 e. The zero-order chi connectivity index (χ0) is 15.5. The summed E-state index contributed by atoms with van der Waals surface area (Å²) in [4.78, 5) is 0. The quantitative estimate of drug-likeness (QED) is 0.557. The molecule has 0 amide bonds. The Bertz CT molecular complexity index is 742. The van der Waals surface area contributed by atoms with Gasteiger partial charge in [0.25, 0.3) is 0 Å². The molecule has 3 aromatic rings. The predicted octanol–water partition coefficient (Wildman–Crippen LogP) is 3.68. The van der Waals surface area contributed by atoms with E-state index in [0.29, 0.717) is 5.75 Å². The van der Waals surface area contributed by atoms with Crippen LogP contribution in [0, 0.1) is 0 Å². The van der Waals surface area contributed by atoms with Crippen LogP contribution in [0.5, 0.6) is 5.75 Å². The first kappa shape index (κ1) is 14.9. The van der Waals surface area contributed by atoms with Gasteiger partial charge < -0.3 is 14.7 Å². The highest BCUT2D eigenvalue weighted by molar-refractivity contribution is 6.34. The normalized spacial score (nSPS) is 11.0. The van der Waals surface area contributed by atoms with E-state index >= 15 is 0 Å². The van der Waals surface area contributed by atoms with Crippen LogP contribution in [0.3, 0.4) is 0 Å². The molecular weight excluding hydrogens is 275 g/mol. The van der Waals surface area contributed by atoms with Gasteiger partial charge in [0.05, 0.1) is 0 Å². The average Bonchev–Trinajstić information content (AvgIpc) is 2.54. The van der Waals surface area contributed by atoms with E-state index in [2.05, 4.69) is 19.1 Å². The van der Waals surface area contributed by atoms with Crippen LogP contribution in [0.2, 0.25) is 0 Å². The number of rotatable bonds is 5. The molecule has 0 saturated heterocycles. The molecule has 3 nitrogen and oxygen atoms in total. The molecule has 3 aromatic carbocycles. The number of hydrogen-bond donors (Lipinski definition) is 2. The van der Waals surface area contributed by atoms with Gasteiger partial charge >= 0.3 is 7.32 Å². The first-order chi connectivity index (χ1) is 10.7. The van der Waals surface area contributed by atoms with Crippen LogP contribution in [0.4, 0.5) is 0 Å². The second kappa shape index (κ2) is 6.38. The number of hydrogen-bond acceptors (Lipinski definition) is 3. The zero-order valence-electron chi connectivity index (χ0n) is 12.6. The Kier molecular flexibility index (Phi) is 4.32. The van der Waals surface area contributed by atoms with Crippen LogP contribution >= 0.6 is 0 Å². The highest BCUT2D eigenvalue weighted by atomic mass is 16.6. The van der Waals surface area contributed by atoms with E-state index in [9.17, 15) is 10.0 Å². The fraction of sp³-hybridized carbons (Fsp3) is 0.222. The van der Waals surface area contributed by atoms with Crippen LogP contribution in [-0.4, -0.2) is 17.4 Å². The van der Waals surface area contributed by atoms with E-state index in [1.165, 1.54) is 5.56 Å². The predicted molar refractivity (Wildman–Crippen MR) is 90.9 cm³/mol. The Morgan fingerprint density at radius 1 is 0.864 bits per heavy atom. The summed E-state index contributed by atoms with van der Waals surface area (Å²) in [5, 5.41) is 22.6. The highest BCUT2D eigenvalue weighted by Gasteiger charge is 2.19. The summed E-state index contributed by atoms with van der Waals surface area (Å²) in [6.07, 6.45) is 3.26. The van der Waals surface area contributed by atoms with E-state index in [-0.39, 0.29) is 0 Å². The maximum atomic E-state index is 9.27. The summed E-state index contributed by atoms with van der Waals surface area (Å²) in [5.41, 5.74) is 1.30. The number of fused-ring (bicyclic) bond motifs is 2. The second-order valence-corrected chi connectivity index (χ2v) is 5.45. The monoisotopic (exact) mass is 294 g/mol. The molecule has 112 valence electrons. The van der Waals surface area contributed by atoms with Crippen LogP contribution in [-0.2, 0) is 6.42 Å². The Balaban J connectivity index is 2.37. The van der Waals surface area contributed by atoms with Gasteiger partial charge in [-0.1, -0.05) is 61.9 Å². The van der Waals surface area contributed by atoms with E-state index in [1.54, 1.807) is 0 Å². The fourth-order valence-electron chi connectivity index (χ4n) is 3.03. The van der Waals surface area contributed by atoms with Gasteiger partial charge in [0, 0.05) is 10.8 Å². The molecule has 0 heterocycles. The van der Waals surface area contributed by atoms with Gasteiger partial charge in [-0.05, 0) is 29.2 Å². The molecule has 0 saturated carbocycles. The van der Waals surface area contributed by atoms with Crippen LogP contribution in [0.15, 0.2) is 48.5 Å². The summed E-state index contributed by atoms with van der Waals surface area (Å²) >= 11 is 0. The first-order valence-electron chi connectivity index (χ1n) is 7.67. The van der Waals surface area contributed by atoms with Crippen molar-refractivity contribution in [2.24, 2.45) is 0 Å². The lowest BCUT2D eigenvalue weighted by molar-refractivity contribution is 0.291. The molecule has 0 unspecified atom stereocenters. The van der Waals surface area contributed by atoms with Gasteiger partial charge in [-0.3, -0.25) is 0 Å². The maximum Gasteiger partial charge on any atom is 0.707 e. The molecule has 3 rings (SSSR count). The Morgan fingerprint density at radius 3 is 1.82 bits per heavy atom. The molecule has 0 bridgehead atoms. The summed E-state index contributed by atoms with van der Waals surface area (Å²) in [5.74, 6) is 0.529. The first-order valence-corrected chi connectivity index (χ1v) is 7.67. The lowest BCUT2D eigenvalue weighted by atomic mass is 9.92. The van der Waals surface area contributed by atoms with Crippen molar-refractivity contribution in [3.63, 3.8) is 0 Å². The van der Waals surface area contributed by atoms with Gasteiger partial charge in [-0.2, -0.15) is 0 Å². The minimum Gasteiger partial charge on any atom is -0.511 e. The minimum absolute atomic E-state index is 0.529. The summed E-state index contributed by atoms with van der Waals surface area (Å²) in [6, 6.07) is 16.0. The molecule has 0 fully saturated rings. The molecule has 0 aromatic heterocycles. The standard InChI is InChI=1S/C18H19BO3/c1-2-3-8-13-14-9-4-6-11-16(14)18(22-19(20)21)17-12-7-5-10-15(13)17/h4-7,9-12,20-21H,2-3,8H2,1H3. The average molecular weight is 294 g/mol. The third kappa shape index (κ3) is 2.67. The van der Waals surface area contributed by atoms with Crippen molar-refractivity contribution in [3.8, 4) is 5.75 Å². The van der Waals surface area contributed by atoms with Gasteiger partial charge in [-0.25, -0.2) is 0 Å². The van der Waals surface area contributed by atoms with Gasteiger partial charge in [-0.15, -0.1) is 0 Å². The van der Waals surface area contributed by atoms with Gasteiger partial charge in [0.15, 0.2) is 0 Å². The number of aryl methyl sites for hydroxylation is 1. The van der Waals surface area contributed by atoms with Crippen LogP contribution < -0.4 is 4.65 Å². The molecule has 4 heteroatoms. The smallest absolute Gasteiger partial charge is 0.511 e. The van der Waals surface area contributed by atoms with Crippen molar-refractivity contribution in [2.75, 3.05) is 0 Å². The molecule has 0 spiro atoms. The highest BCUT2D eigenvalue weighted by Crippen LogP contribution is 2.38. The lowest BCUT2D eigenvalue weighted by Crippen LogP contribution is -2.21. The fourth-order valence-corrected chi connectivity index (χ4v) is 3.03. The number of unbranched alkanes of at least 4 members (excludes halogenated alkanes) is 1. The van der Waals surface area contributed by atoms with Crippen LogP contribution in [0.25, 0.3) is 21.5 Å². The van der Waals surface area contributed by atoms with Crippen molar-refractivity contribution >= 4 is 28.9 Å². The Hall–Kier alpha value is -2.04. The molecule has 0 radical (unpaired) electrons. The third-order valence-corrected chi connectivity index (χ3v) is 4.00. The van der Waals surface area contributed by atoms with Crippen LogP contribution in [0.1, 0.15) is 25.3 Å². The van der Waals surface area contributed by atoms with E-state index in [0.717, 1.165) is 40.8 Å². The van der Waals surface area contributed by atoms with E-state index in [1.807, 2.05) is 36.4 Å². The SMILES string of the molecule is CCCCc1c2ccccc2c(OB(O)O)c2ccccc12. The van der Waals surface area contributed by atoms with Crippen molar-refractivity contribution < 1.29 is 14.7 Å². The molecule has 0 aliphatic carbocycles. The third-order valence-electron chi connectivity index (χ3n) is 4.00. The molecule has 0 aliphatic heterocycles.